The summed E-state index contributed by atoms with van der Waals surface area (Å²) in [5, 5.41) is -0.585. The highest BCUT2D eigenvalue weighted by Gasteiger charge is 2.42. The number of alkyl halides is 6. The van der Waals surface area contributed by atoms with Crippen LogP contribution in [0.4, 0.5) is 43.4 Å². The van der Waals surface area contributed by atoms with E-state index in [0.717, 1.165) is 68.7 Å². The van der Waals surface area contributed by atoms with E-state index in [4.69, 9.17) is 0 Å². The van der Waals surface area contributed by atoms with Gasteiger partial charge in [0.1, 0.15) is 0 Å². The molecule has 0 unspecified atom stereocenters. The Morgan fingerprint density at radius 3 is 1.58 bits per heavy atom. The fraction of sp³-hybridized carbons (Fsp3) is 0.200. The van der Waals surface area contributed by atoms with Crippen LogP contribution in [-0.4, -0.2) is 11.1 Å². The second kappa shape index (κ2) is 15.4. The molecule has 1 aliphatic rings. The SMILES string of the molecule is CC(C)c1cc(C(C)C)c(B2c3ccccc3N(c3ccc(-c4ccccc4)cc3)c3cc4c(=O)c5cc(C(F)(F)F)ccc5n5c6ccc(C(F)(F)F)cc6c(=O)c(c32)c45)c(C(C)C)c1. The van der Waals surface area contributed by atoms with Crippen molar-refractivity contribution in [3.8, 4) is 11.1 Å². The summed E-state index contributed by atoms with van der Waals surface area (Å²) in [6.07, 6.45) is -9.63. The fourth-order valence-electron chi connectivity index (χ4n) is 10.2. The minimum absolute atomic E-state index is 0.0112. The molecule has 4 nitrogen and oxygen atoms in total. The Morgan fingerprint density at radius 2 is 1.03 bits per heavy atom. The van der Waals surface area contributed by atoms with Gasteiger partial charge in [0, 0.05) is 38.6 Å². The van der Waals surface area contributed by atoms with E-state index in [1.807, 2.05) is 83.8 Å². The molecule has 330 valence electrons. The van der Waals surface area contributed by atoms with Gasteiger partial charge in [0.05, 0.1) is 27.7 Å². The van der Waals surface area contributed by atoms with Gasteiger partial charge in [-0.1, -0.05) is 120 Å². The monoisotopic (exact) mass is 888 g/mol. The number of halogens is 6. The number of para-hydroxylation sites is 1. The molecule has 0 bridgehead atoms. The lowest BCUT2D eigenvalue weighted by Gasteiger charge is -2.39. The molecule has 9 aromatic rings. The molecule has 66 heavy (non-hydrogen) atoms. The number of benzene rings is 7. The maximum atomic E-state index is 15.7. The van der Waals surface area contributed by atoms with Gasteiger partial charge in [-0.2, -0.15) is 26.3 Å². The number of aromatic nitrogens is 1. The zero-order valence-electron chi connectivity index (χ0n) is 37.0. The van der Waals surface area contributed by atoms with Crippen LogP contribution in [0.15, 0.2) is 143 Å². The van der Waals surface area contributed by atoms with Gasteiger partial charge >= 0.3 is 12.4 Å². The van der Waals surface area contributed by atoms with E-state index in [9.17, 15) is 26.3 Å². The average Bonchev–Trinajstić information content (AvgIpc) is 3.29. The third kappa shape index (κ3) is 6.68. The first-order valence-corrected chi connectivity index (χ1v) is 22.1. The zero-order chi connectivity index (χ0) is 46.7. The van der Waals surface area contributed by atoms with Crippen molar-refractivity contribution in [2.75, 3.05) is 4.90 Å². The standard InChI is InChI=1S/C55H43BF6N2O2/c1-29(2)34-24-38(30(3)4)49(39(25-34)31(5)6)56-43-14-10-11-15-46(43)63(37-20-16-33(17-21-37)32-12-8-7-9-13-32)47-28-42-51-48(50(47)56)53(66)41-27-36(55(60,61)62)19-23-45(41)64(51)44-22-18-35(54(57,58)59)26-40(44)52(42)65/h7-31H,1-6H3. The first-order valence-electron chi connectivity index (χ1n) is 22.1. The fourth-order valence-corrected chi connectivity index (χ4v) is 10.2. The van der Waals surface area contributed by atoms with Crippen molar-refractivity contribution in [3.63, 3.8) is 0 Å². The molecule has 0 N–H and O–H groups in total. The van der Waals surface area contributed by atoms with Crippen molar-refractivity contribution in [1.82, 2.24) is 4.40 Å². The van der Waals surface area contributed by atoms with E-state index in [-0.39, 0.29) is 55.8 Å². The Hall–Kier alpha value is -6.88. The number of hydrogen-bond acceptors (Lipinski definition) is 3. The summed E-state index contributed by atoms with van der Waals surface area (Å²) in [6, 6.07) is 37.3. The molecule has 0 spiro atoms. The highest BCUT2D eigenvalue weighted by molar-refractivity contribution is 7.00. The molecule has 2 aromatic heterocycles. The smallest absolute Gasteiger partial charge is 0.311 e. The van der Waals surface area contributed by atoms with Gasteiger partial charge in [0.2, 0.25) is 6.71 Å². The van der Waals surface area contributed by atoms with Gasteiger partial charge in [-0.25, -0.2) is 0 Å². The topological polar surface area (TPSA) is 41.8 Å². The zero-order valence-corrected chi connectivity index (χ0v) is 37.0. The van der Waals surface area contributed by atoms with Crippen LogP contribution < -0.4 is 32.1 Å². The summed E-state index contributed by atoms with van der Waals surface area (Å²) in [5.74, 6) is 0.159. The maximum absolute atomic E-state index is 15.7. The Bertz CT molecular complexity index is 3500. The number of anilines is 3. The number of nitrogens with zero attached hydrogens (tertiary/aromatic N) is 2. The van der Waals surface area contributed by atoms with Crippen LogP contribution in [0, 0.1) is 0 Å². The normalized spacial score (nSPS) is 13.3. The first-order chi connectivity index (χ1) is 31.3. The summed E-state index contributed by atoms with van der Waals surface area (Å²) < 4.78 is 88.6. The van der Waals surface area contributed by atoms with E-state index in [1.54, 1.807) is 6.07 Å². The summed E-state index contributed by atoms with van der Waals surface area (Å²) >= 11 is 0. The molecular formula is C55H43BF6N2O2. The lowest BCUT2D eigenvalue weighted by atomic mass is 9.32. The molecular weight excluding hydrogens is 845 g/mol. The minimum Gasteiger partial charge on any atom is -0.311 e. The van der Waals surface area contributed by atoms with Crippen LogP contribution in [0.25, 0.3) is 49.2 Å². The molecule has 0 saturated heterocycles. The second-order valence-electron chi connectivity index (χ2n) is 18.4. The average molecular weight is 889 g/mol. The van der Waals surface area contributed by atoms with Crippen LogP contribution in [0.1, 0.15) is 87.1 Å². The van der Waals surface area contributed by atoms with Gasteiger partial charge in [0.15, 0.2) is 10.9 Å². The molecule has 3 heterocycles. The van der Waals surface area contributed by atoms with Crippen LogP contribution in [-0.2, 0) is 12.4 Å². The number of pyridine rings is 2. The molecule has 1 aliphatic heterocycles. The third-order valence-corrected chi connectivity index (χ3v) is 13.3. The number of hydrogen-bond donors (Lipinski definition) is 0. The van der Waals surface area contributed by atoms with Gasteiger partial charge in [-0.05, 0) is 117 Å². The van der Waals surface area contributed by atoms with Crippen molar-refractivity contribution in [3.05, 3.63) is 182 Å². The Kier molecular flexibility index (Phi) is 10.0. The van der Waals surface area contributed by atoms with Gasteiger partial charge < -0.3 is 9.30 Å². The van der Waals surface area contributed by atoms with Crippen molar-refractivity contribution >= 4 is 78.3 Å². The molecule has 0 atom stereocenters. The van der Waals surface area contributed by atoms with Crippen LogP contribution >= 0.6 is 0 Å². The highest BCUT2D eigenvalue weighted by Crippen LogP contribution is 2.42. The lowest BCUT2D eigenvalue weighted by molar-refractivity contribution is -0.138. The van der Waals surface area contributed by atoms with E-state index < -0.39 is 41.0 Å². The third-order valence-electron chi connectivity index (χ3n) is 13.3. The molecule has 7 aromatic carbocycles. The quantitative estimate of drug-likeness (QED) is 0.0723. The predicted molar refractivity (Wildman–Crippen MR) is 257 cm³/mol. The van der Waals surface area contributed by atoms with E-state index >= 15 is 9.59 Å². The van der Waals surface area contributed by atoms with Crippen LogP contribution in [0.2, 0.25) is 0 Å². The molecule has 10 rings (SSSR count). The Morgan fingerprint density at radius 1 is 0.500 bits per heavy atom. The largest absolute Gasteiger partial charge is 0.416 e. The summed E-state index contributed by atoms with van der Waals surface area (Å²) in [6.45, 7) is 12.1. The van der Waals surface area contributed by atoms with Crippen LogP contribution in [0.3, 0.4) is 0 Å². The van der Waals surface area contributed by atoms with Crippen LogP contribution in [0.5, 0.6) is 0 Å². The summed E-state index contributed by atoms with van der Waals surface area (Å²) in [5.41, 5.74) is 5.88. The molecule has 0 amide bonds. The van der Waals surface area contributed by atoms with Gasteiger partial charge in [-0.3, -0.25) is 9.59 Å². The molecule has 0 aliphatic carbocycles. The van der Waals surface area contributed by atoms with E-state index in [1.165, 1.54) is 16.5 Å². The molecule has 11 heteroatoms. The van der Waals surface area contributed by atoms with E-state index in [2.05, 4.69) is 53.7 Å². The van der Waals surface area contributed by atoms with Crippen molar-refractivity contribution in [2.45, 2.75) is 71.6 Å². The maximum Gasteiger partial charge on any atom is 0.416 e. The minimum atomic E-state index is -4.82. The summed E-state index contributed by atoms with van der Waals surface area (Å²) in [7, 11) is 0. The predicted octanol–water partition coefficient (Wildman–Crippen LogP) is 12.9. The van der Waals surface area contributed by atoms with Gasteiger partial charge in [0.25, 0.3) is 0 Å². The molecule has 0 radical (unpaired) electrons. The number of fused-ring (bicyclic) bond motifs is 7. The Balaban J connectivity index is 1.45. The summed E-state index contributed by atoms with van der Waals surface area (Å²) in [4.78, 5) is 32.8. The first kappa shape index (κ1) is 43.0. The molecule has 0 saturated carbocycles. The van der Waals surface area contributed by atoms with Crippen molar-refractivity contribution in [2.24, 2.45) is 0 Å². The molecule has 0 fully saturated rings. The Labute approximate surface area is 377 Å². The highest BCUT2D eigenvalue weighted by atomic mass is 19.4. The van der Waals surface area contributed by atoms with Gasteiger partial charge in [-0.15, -0.1) is 0 Å². The number of rotatable bonds is 6. The second-order valence-corrected chi connectivity index (χ2v) is 18.4. The van der Waals surface area contributed by atoms with Crippen molar-refractivity contribution in [1.29, 1.82) is 0 Å². The van der Waals surface area contributed by atoms with Crippen molar-refractivity contribution < 1.29 is 26.3 Å². The lowest BCUT2D eigenvalue weighted by Crippen LogP contribution is -2.60. The van der Waals surface area contributed by atoms with E-state index in [0.29, 0.717) is 16.8 Å².